The number of imide groups is 1. The van der Waals surface area contributed by atoms with Crippen LogP contribution in [0.15, 0.2) is 18.2 Å². The van der Waals surface area contributed by atoms with Gasteiger partial charge in [0.1, 0.15) is 6.04 Å². The molecule has 1 aromatic rings. The largest absolute Gasteiger partial charge is 0.396 e. The molecular formula is C23H30N4O4. The van der Waals surface area contributed by atoms with E-state index in [0.717, 1.165) is 56.7 Å². The molecule has 3 fully saturated rings. The Labute approximate surface area is 182 Å². The van der Waals surface area contributed by atoms with Crippen LogP contribution in [-0.2, 0) is 22.7 Å². The lowest BCUT2D eigenvalue weighted by molar-refractivity contribution is -0.136. The second-order valence-corrected chi connectivity index (χ2v) is 9.55. The molecule has 0 aliphatic carbocycles. The number of carbonyl (C=O) groups excluding carboxylic acids is 3. The van der Waals surface area contributed by atoms with E-state index in [4.69, 9.17) is 0 Å². The molecule has 0 saturated carbocycles. The smallest absolute Gasteiger partial charge is 0.255 e. The third-order valence-corrected chi connectivity index (χ3v) is 7.70. The van der Waals surface area contributed by atoms with Gasteiger partial charge in [0.2, 0.25) is 11.8 Å². The number of benzene rings is 1. The standard InChI is InChI=1S/C23H30N4O4/c28-13-17-12-26(14-23(17)5-7-24-8-6-23)10-15-1-2-16-11-27(22(31)18(16)9-15)19-3-4-20(29)25-21(19)30/h1-2,9,17,19,24,28H,3-8,10-14H2,(H,25,29,30). The van der Waals surface area contributed by atoms with Crippen LogP contribution in [0.3, 0.4) is 0 Å². The van der Waals surface area contributed by atoms with E-state index < -0.39 is 6.04 Å². The maximum absolute atomic E-state index is 13.1. The van der Waals surface area contributed by atoms with Gasteiger partial charge < -0.3 is 15.3 Å². The number of nitrogens with zero attached hydrogens (tertiary/aromatic N) is 2. The fraction of sp³-hybridized carbons (Fsp3) is 0.609. The Hall–Kier alpha value is -2.29. The first-order valence-corrected chi connectivity index (χ1v) is 11.3. The van der Waals surface area contributed by atoms with Crippen molar-refractivity contribution in [3.63, 3.8) is 0 Å². The van der Waals surface area contributed by atoms with Crippen LogP contribution in [0.25, 0.3) is 0 Å². The van der Waals surface area contributed by atoms with Gasteiger partial charge in [0.15, 0.2) is 0 Å². The highest BCUT2D eigenvalue weighted by molar-refractivity contribution is 6.05. The minimum absolute atomic E-state index is 0.129. The molecule has 0 aromatic heterocycles. The lowest BCUT2D eigenvalue weighted by Crippen LogP contribution is -2.52. The number of hydrogen-bond acceptors (Lipinski definition) is 6. The molecule has 2 atom stereocenters. The number of aliphatic hydroxyl groups is 1. The topological polar surface area (TPSA) is 102 Å². The van der Waals surface area contributed by atoms with Gasteiger partial charge in [-0.05, 0) is 55.0 Å². The summed E-state index contributed by atoms with van der Waals surface area (Å²) < 4.78 is 0. The molecule has 4 aliphatic rings. The van der Waals surface area contributed by atoms with E-state index in [1.165, 1.54) is 0 Å². The third-order valence-electron chi connectivity index (χ3n) is 7.70. The van der Waals surface area contributed by atoms with E-state index in [9.17, 15) is 19.5 Å². The van der Waals surface area contributed by atoms with Gasteiger partial charge >= 0.3 is 0 Å². The molecule has 1 aromatic carbocycles. The maximum Gasteiger partial charge on any atom is 0.255 e. The molecule has 4 aliphatic heterocycles. The number of rotatable bonds is 4. The molecule has 0 radical (unpaired) electrons. The van der Waals surface area contributed by atoms with Crippen molar-refractivity contribution in [3.8, 4) is 0 Å². The van der Waals surface area contributed by atoms with E-state index in [0.29, 0.717) is 24.4 Å². The number of amides is 3. The average molecular weight is 427 g/mol. The molecule has 166 valence electrons. The quantitative estimate of drug-likeness (QED) is 0.597. The first kappa shape index (κ1) is 20.6. The van der Waals surface area contributed by atoms with Crippen molar-refractivity contribution in [2.24, 2.45) is 11.3 Å². The number of fused-ring (bicyclic) bond motifs is 1. The highest BCUT2D eigenvalue weighted by atomic mass is 16.3. The predicted molar refractivity (Wildman–Crippen MR) is 113 cm³/mol. The highest BCUT2D eigenvalue weighted by Crippen LogP contribution is 2.43. The monoisotopic (exact) mass is 426 g/mol. The second-order valence-electron chi connectivity index (χ2n) is 9.55. The van der Waals surface area contributed by atoms with Crippen LogP contribution >= 0.6 is 0 Å². The van der Waals surface area contributed by atoms with Crippen LogP contribution in [0.1, 0.15) is 47.2 Å². The van der Waals surface area contributed by atoms with Crippen LogP contribution < -0.4 is 10.6 Å². The van der Waals surface area contributed by atoms with Crippen LogP contribution in [0.2, 0.25) is 0 Å². The zero-order valence-electron chi connectivity index (χ0n) is 17.7. The van der Waals surface area contributed by atoms with Gasteiger partial charge in [-0.15, -0.1) is 0 Å². The van der Waals surface area contributed by atoms with Crippen molar-refractivity contribution < 1.29 is 19.5 Å². The zero-order chi connectivity index (χ0) is 21.6. The predicted octanol–water partition coefficient (Wildman–Crippen LogP) is 0.242. The van der Waals surface area contributed by atoms with Crippen molar-refractivity contribution in [1.82, 2.24) is 20.4 Å². The van der Waals surface area contributed by atoms with Crippen LogP contribution in [-0.4, -0.2) is 71.5 Å². The lowest BCUT2D eigenvalue weighted by atomic mass is 9.71. The molecule has 8 heteroatoms. The summed E-state index contributed by atoms with van der Waals surface area (Å²) in [7, 11) is 0. The van der Waals surface area contributed by atoms with Crippen molar-refractivity contribution in [2.45, 2.75) is 44.8 Å². The molecule has 0 bridgehead atoms. The van der Waals surface area contributed by atoms with Gasteiger partial charge in [-0.25, -0.2) is 0 Å². The third kappa shape index (κ3) is 3.66. The number of piperidine rings is 2. The number of aliphatic hydroxyl groups excluding tert-OH is 1. The minimum Gasteiger partial charge on any atom is -0.396 e. The second kappa shape index (κ2) is 8.00. The van der Waals surface area contributed by atoms with Gasteiger partial charge in [-0.3, -0.25) is 24.6 Å². The Balaban J connectivity index is 1.29. The summed E-state index contributed by atoms with van der Waals surface area (Å²) in [5.74, 6) is -0.479. The van der Waals surface area contributed by atoms with Crippen molar-refractivity contribution >= 4 is 17.7 Å². The fourth-order valence-corrected chi connectivity index (χ4v) is 5.97. The Kier molecular flexibility index (Phi) is 5.32. The van der Waals surface area contributed by atoms with Crippen molar-refractivity contribution in [1.29, 1.82) is 0 Å². The first-order valence-electron chi connectivity index (χ1n) is 11.3. The Morgan fingerprint density at radius 2 is 1.97 bits per heavy atom. The van der Waals surface area contributed by atoms with Gasteiger partial charge in [0, 0.05) is 50.7 Å². The molecule has 31 heavy (non-hydrogen) atoms. The molecule has 8 nitrogen and oxygen atoms in total. The van der Waals surface area contributed by atoms with Gasteiger partial charge in [0.25, 0.3) is 5.91 Å². The average Bonchev–Trinajstić information content (AvgIpc) is 3.26. The van der Waals surface area contributed by atoms with Crippen LogP contribution in [0, 0.1) is 11.3 Å². The van der Waals surface area contributed by atoms with E-state index in [1.807, 2.05) is 12.1 Å². The Morgan fingerprint density at radius 3 is 2.71 bits per heavy atom. The molecule has 2 unspecified atom stereocenters. The fourth-order valence-electron chi connectivity index (χ4n) is 5.97. The van der Waals surface area contributed by atoms with Gasteiger partial charge in [0.05, 0.1) is 0 Å². The Bertz CT molecular complexity index is 911. The maximum atomic E-state index is 13.1. The molecule has 4 heterocycles. The van der Waals surface area contributed by atoms with E-state index in [-0.39, 0.29) is 36.2 Å². The highest BCUT2D eigenvalue weighted by Gasteiger charge is 2.46. The van der Waals surface area contributed by atoms with Gasteiger partial charge in [-0.2, -0.15) is 0 Å². The SMILES string of the molecule is O=C1CCC(N2Cc3ccc(CN4CC(CO)C5(CCNCC5)C4)cc3C2=O)C(=O)N1. The summed E-state index contributed by atoms with van der Waals surface area (Å²) in [5.41, 5.74) is 2.87. The summed E-state index contributed by atoms with van der Waals surface area (Å²) in [6, 6.07) is 5.45. The van der Waals surface area contributed by atoms with Crippen molar-refractivity contribution in [2.75, 3.05) is 32.8 Å². The van der Waals surface area contributed by atoms with E-state index in [1.54, 1.807) is 4.90 Å². The lowest BCUT2D eigenvalue weighted by Gasteiger charge is -2.38. The number of likely N-dealkylation sites (tertiary alicyclic amines) is 1. The summed E-state index contributed by atoms with van der Waals surface area (Å²) in [6.07, 6.45) is 2.83. The Morgan fingerprint density at radius 1 is 1.16 bits per heavy atom. The summed E-state index contributed by atoms with van der Waals surface area (Å²) in [6.45, 7) is 5.26. The summed E-state index contributed by atoms with van der Waals surface area (Å²) in [4.78, 5) is 40.7. The summed E-state index contributed by atoms with van der Waals surface area (Å²) in [5, 5.41) is 15.7. The molecule has 3 N–H and O–H groups in total. The summed E-state index contributed by atoms with van der Waals surface area (Å²) >= 11 is 0. The first-order chi connectivity index (χ1) is 15.0. The van der Waals surface area contributed by atoms with Crippen LogP contribution in [0.4, 0.5) is 0 Å². The number of nitrogens with one attached hydrogen (secondary N) is 2. The van der Waals surface area contributed by atoms with Crippen LogP contribution in [0.5, 0.6) is 0 Å². The normalized spacial score (nSPS) is 28.3. The zero-order valence-corrected chi connectivity index (χ0v) is 17.7. The molecule has 5 rings (SSSR count). The van der Waals surface area contributed by atoms with E-state index >= 15 is 0 Å². The minimum atomic E-state index is -0.579. The number of carbonyl (C=O) groups is 3. The molecular weight excluding hydrogens is 396 g/mol. The van der Waals surface area contributed by atoms with Crippen molar-refractivity contribution in [3.05, 3.63) is 34.9 Å². The number of hydrogen-bond donors (Lipinski definition) is 3. The molecule has 3 saturated heterocycles. The molecule has 1 spiro atoms. The van der Waals surface area contributed by atoms with Gasteiger partial charge in [-0.1, -0.05) is 12.1 Å². The van der Waals surface area contributed by atoms with E-state index in [2.05, 4.69) is 21.6 Å². The molecule has 3 amide bonds.